The van der Waals surface area contributed by atoms with E-state index in [4.69, 9.17) is 9.47 Å². The first-order valence-corrected chi connectivity index (χ1v) is 9.54. The van der Waals surface area contributed by atoms with E-state index in [0.29, 0.717) is 12.6 Å². The van der Waals surface area contributed by atoms with Gasteiger partial charge in [0.2, 0.25) is 0 Å². The van der Waals surface area contributed by atoms with Crippen molar-refractivity contribution in [1.82, 2.24) is 9.80 Å². The van der Waals surface area contributed by atoms with Crippen LogP contribution >= 0.6 is 0 Å². The highest BCUT2D eigenvalue weighted by molar-refractivity contribution is 5.68. The number of amides is 1. The molecule has 1 amide bonds. The van der Waals surface area contributed by atoms with Crippen molar-refractivity contribution in [1.29, 1.82) is 0 Å². The summed E-state index contributed by atoms with van der Waals surface area (Å²) in [4.78, 5) is 16.3. The predicted octanol–water partition coefficient (Wildman–Crippen LogP) is 4.01. The molecule has 0 radical (unpaired) electrons. The van der Waals surface area contributed by atoms with Crippen LogP contribution < -0.4 is 4.74 Å². The second-order valence-electron chi connectivity index (χ2n) is 8.27. The maximum absolute atomic E-state index is 12.1. The number of rotatable bonds is 5. The minimum absolute atomic E-state index is 0.198. The molecule has 0 atom stereocenters. The molecule has 26 heavy (non-hydrogen) atoms. The summed E-state index contributed by atoms with van der Waals surface area (Å²) in [6.45, 7) is 13.0. The van der Waals surface area contributed by atoms with E-state index in [-0.39, 0.29) is 6.09 Å². The van der Waals surface area contributed by atoms with Crippen molar-refractivity contribution in [3.63, 3.8) is 0 Å². The normalized spacial score (nSPS) is 16.0. The molecule has 0 N–H and O–H groups in total. The van der Waals surface area contributed by atoms with Crippen molar-refractivity contribution in [3.8, 4) is 5.75 Å². The summed E-state index contributed by atoms with van der Waals surface area (Å²) >= 11 is 0. The Balaban J connectivity index is 1.71. The molecule has 1 aromatic carbocycles. The van der Waals surface area contributed by atoms with Crippen LogP contribution in [0.3, 0.4) is 0 Å². The Bertz CT molecular complexity index is 602. The number of carbonyl (C=O) groups is 1. The Morgan fingerprint density at radius 3 is 2.42 bits per heavy atom. The Labute approximate surface area is 158 Å². The summed E-state index contributed by atoms with van der Waals surface area (Å²) in [5.41, 5.74) is 2.10. The SMILES string of the molecule is Cc1ccc(OCCN(C)C2CCN(C(=O)OC(C)(C)C)CC2)cc1C. The van der Waals surface area contributed by atoms with Crippen LogP contribution in [0.5, 0.6) is 5.75 Å². The molecular formula is C21H34N2O3. The fourth-order valence-corrected chi connectivity index (χ4v) is 3.11. The summed E-state index contributed by atoms with van der Waals surface area (Å²) in [5.74, 6) is 0.932. The van der Waals surface area contributed by atoms with E-state index < -0.39 is 5.60 Å². The number of nitrogens with zero attached hydrogens (tertiary/aromatic N) is 2. The van der Waals surface area contributed by atoms with E-state index >= 15 is 0 Å². The number of likely N-dealkylation sites (N-methyl/N-ethyl adjacent to an activating group) is 1. The molecule has 2 rings (SSSR count). The van der Waals surface area contributed by atoms with Gasteiger partial charge >= 0.3 is 6.09 Å². The van der Waals surface area contributed by atoms with Gasteiger partial charge in [0.25, 0.3) is 0 Å². The molecule has 0 aromatic heterocycles. The van der Waals surface area contributed by atoms with E-state index in [9.17, 15) is 4.79 Å². The molecule has 0 spiro atoms. The molecular weight excluding hydrogens is 328 g/mol. The van der Waals surface area contributed by atoms with Crippen LogP contribution in [-0.4, -0.2) is 60.8 Å². The zero-order valence-corrected chi connectivity index (χ0v) is 17.2. The lowest BCUT2D eigenvalue weighted by molar-refractivity contribution is 0.0151. The third kappa shape index (κ3) is 6.20. The number of hydrogen-bond donors (Lipinski definition) is 0. The van der Waals surface area contributed by atoms with Gasteiger partial charge in [-0.2, -0.15) is 0 Å². The van der Waals surface area contributed by atoms with Crippen LogP contribution in [0.15, 0.2) is 18.2 Å². The molecule has 1 fully saturated rings. The van der Waals surface area contributed by atoms with Gasteiger partial charge in [-0.15, -0.1) is 0 Å². The van der Waals surface area contributed by atoms with Gasteiger partial charge in [0.1, 0.15) is 18.0 Å². The summed E-state index contributed by atoms with van der Waals surface area (Å²) < 4.78 is 11.3. The first-order chi connectivity index (χ1) is 12.2. The molecule has 146 valence electrons. The molecule has 0 saturated carbocycles. The van der Waals surface area contributed by atoms with Crippen molar-refractivity contribution in [2.45, 2.75) is 59.1 Å². The van der Waals surface area contributed by atoms with Crippen LogP contribution in [0.4, 0.5) is 4.79 Å². The topological polar surface area (TPSA) is 42.0 Å². The molecule has 5 heteroatoms. The minimum Gasteiger partial charge on any atom is -0.492 e. The van der Waals surface area contributed by atoms with Crippen molar-refractivity contribution < 1.29 is 14.3 Å². The highest BCUT2D eigenvalue weighted by atomic mass is 16.6. The Morgan fingerprint density at radius 2 is 1.85 bits per heavy atom. The summed E-state index contributed by atoms with van der Waals surface area (Å²) in [7, 11) is 2.14. The lowest BCUT2D eigenvalue weighted by atomic mass is 10.0. The van der Waals surface area contributed by atoms with E-state index in [2.05, 4.69) is 37.9 Å². The fraction of sp³-hybridized carbons (Fsp3) is 0.667. The molecule has 0 bridgehead atoms. The third-order valence-electron chi connectivity index (χ3n) is 4.93. The molecule has 5 nitrogen and oxygen atoms in total. The van der Waals surface area contributed by atoms with Crippen molar-refractivity contribution in [3.05, 3.63) is 29.3 Å². The van der Waals surface area contributed by atoms with Crippen molar-refractivity contribution in [2.75, 3.05) is 33.3 Å². The van der Waals surface area contributed by atoms with Crippen LogP contribution in [-0.2, 0) is 4.74 Å². The maximum Gasteiger partial charge on any atom is 0.410 e. The molecule has 1 heterocycles. The highest BCUT2D eigenvalue weighted by Gasteiger charge is 2.28. The lowest BCUT2D eigenvalue weighted by Crippen LogP contribution is -2.47. The predicted molar refractivity (Wildman–Crippen MR) is 105 cm³/mol. The number of carbonyl (C=O) groups excluding carboxylic acids is 1. The molecule has 1 saturated heterocycles. The van der Waals surface area contributed by atoms with E-state index in [0.717, 1.165) is 38.2 Å². The van der Waals surface area contributed by atoms with Gasteiger partial charge in [-0.3, -0.25) is 4.90 Å². The average Bonchev–Trinajstić information content (AvgIpc) is 2.56. The first-order valence-electron chi connectivity index (χ1n) is 9.54. The van der Waals surface area contributed by atoms with Crippen molar-refractivity contribution >= 4 is 6.09 Å². The van der Waals surface area contributed by atoms with Crippen LogP contribution in [0, 0.1) is 13.8 Å². The number of benzene rings is 1. The zero-order valence-electron chi connectivity index (χ0n) is 17.2. The molecule has 0 unspecified atom stereocenters. The Hall–Kier alpha value is -1.75. The quantitative estimate of drug-likeness (QED) is 0.793. The van der Waals surface area contributed by atoms with Crippen molar-refractivity contribution in [2.24, 2.45) is 0 Å². The Kier molecular flexibility index (Phi) is 6.93. The number of piperidine rings is 1. The monoisotopic (exact) mass is 362 g/mol. The molecule has 1 aromatic rings. The van der Waals surface area contributed by atoms with E-state index in [1.54, 1.807) is 0 Å². The van der Waals surface area contributed by atoms with Gasteiger partial charge in [0, 0.05) is 25.7 Å². The largest absolute Gasteiger partial charge is 0.492 e. The van der Waals surface area contributed by atoms with Gasteiger partial charge in [-0.25, -0.2) is 4.79 Å². The second kappa shape index (κ2) is 8.76. The standard InChI is InChI=1S/C21H34N2O3/c1-16-7-8-19(15-17(16)2)25-14-13-22(6)18-9-11-23(12-10-18)20(24)26-21(3,4)5/h7-8,15,18H,9-14H2,1-6H3. The summed E-state index contributed by atoms with van der Waals surface area (Å²) in [5, 5.41) is 0. The van der Waals surface area contributed by atoms with E-state index in [1.807, 2.05) is 31.7 Å². The van der Waals surface area contributed by atoms with Gasteiger partial charge in [0.15, 0.2) is 0 Å². The lowest BCUT2D eigenvalue weighted by Gasteiger charge is -2.37. The third-order valence-corrected chi connectivity index (χ3v) is 4.93. The van der Waals surface area contributed by atoms with Gasteiger partial charge in [-0.05, 0) is 77.8 Å². The van der Waals surface area contributed by atoms with Crippen LogP contribution in [0.25, 0.3) is 0 Å². The van der Waals surface area contributed by atoms with E-state index in [1.165, 1.54) is 11.1 Å². The van der Waals surface area contributed by atoms with Gasteiger partial charge in [-0.1, -0.05) is 6.07 Å². The smallest absolute Gasteiger partial charge is 0.410 e. The average molecular weight is 363 g/mol. The second-order valence-corrected chi connectivity index (χ2v) is 8.27. The maximum atomic E-state index is 12.1. The summed E-state index contributed by atoms with van der Waals surface area (Å²) in [6, 6.07) is 6.70. The summed E-state index contributed by atoms with van der Waals surface area (Å²) in [6.07, 6.45) is 1.75. The van der Waals surface area contributed by atoms with Crippen LogP contribution in [0.1, 0.15) is 44.7 Å². The van der Waals surface area contributed by atoms with Gasteiger partial charge in [0.05, 0.1) is 0 Å². The molecule has 0 aliphatic carbocycles. The Morgan fingerprint density at radius 1 is 1.19 bits per heavy atom. The number of likely N-dealkylation sites (tertiary alicyclic amines) is 1. The zero-order chi connectivity index (χ0) is 19.3. The number of ether oxygens (including phenoxy) is 2. The number of aryl methyl sites for hydroxylation is 2. The van der Waals surface area contributed by atoms with Gasteiger partial charge < -0.3 is 14.4 Å². The van der Waals surface area contributed by atoms with Crippen LogP contribution in [0.2, 0.25) is 0 Å². The first kappa shape index (κ1) is 20.6. The number of hydrogen-bond acceptors (Lipinski definition) is 4. The minimum atomic E-state index is -0.434. The highest BCUT2D eigenvalue weighted by Crippen LogP contribution is 2.19. The molecule has 1 aliphatic heterocycles. The fourth-order valence-electron chi connectivity index (χ4n) is 3.11. The molecule has 1 aliphatic rings.